The fourth-order valence-electron chi connectivity index (χ4n) is 8.17. The van der Waals surface area contributed by atoms with Crippen LogP contribution in [0.25, 0.3) is 0 Å². The van der Waals surface area contributed by atoms with Gasteiger partial charge < -0.3 is 34.8 Å². The molecule has 0 radical (unpaired) electrons. The van der Waals surface area contributed by atoms with Crippen LogP contribution in [0.3, 0.4) is 0 Å². The largest absolute Gasteiger partial charge is 0.482 e. The van der Waals surface area contributed by atoms with Crippen LogP contribution in [0.1, 0.15) is 85.6 Å². The molecule has 3 aromatic rings. The van der Waals surface area contributed by atoms with Gasteiger partial charge >= 0.3 is 5.97 Å². The number of hydrogen-bond donors (Lipinski definition) is 3. The maximum atomic E-state index is 14.2. The van der Waals surface area contributed by atoms with Gasteiger partial charge in [-0.05, 0) is 91.6 Å². The summed E-state index contributed by atoms with van der Waals surface area (Å²) in [4.78, 5) is 82.7. The Bertz CT molecular complexity index is 2030. The molecule has 4 amide bonds. The van der Waals surface area contributed by atoms with Crippen LogP contribution in [-0.4, -0.2) is 98.6 Å². The van der Waals surface area contributed by atoms with E-state index in [4.69, 9.17) is 9.16 Å². The lowest BCUT2D eigenvalue weighted by Crippen LogP contribution is -2.68. The molecule has 2 heterocycles. The first-order chi connectivity index (χ1) is 29.5. The first-order valence-corrected chi connectivity index (χ1v) is 23.5. The number of hydrogen-bond acceptors (Lipinski definition) is 9. The number of rotatable bonds is 16. The van der Waals surface area contributed by atoms with E-state index in [2.05, 4.69) is 65.7 Å². The van der Waals surface area contributed by atoms with Crippen LogP contribution in [0, 0.1) is 0 Å². The number of ether oxygens (including phenoxy) is 2. The standard InChI is InChI=1S/C48H62N4O9Si/c1-8-48(6)46(58)50-39(31-34-26-28-35(29-27-34)60-32-42(54)59-7)45(57)52-30-18-24-40(52)44(56)49-38(43(55)51-48)23-16-11-17-25-41(53)33(2)61-62(47(3,4)5,36-19-12-9-13-20-36)37-21-14-10-15-22-37/h9-10,12-15,17,19-22,25-29,33,38-40H,8,11,16,18,23-24,30-32H2,1-7H3,(H,49,56)(H,50,58)(H,51,55)/b25-17+/t33-,38+,39+,40-,48+/m1/s1. The van der Waals surface area contributed by atoms with E-state index in [1.54, 1.807) is 51.1 Å². The monoisotopic (exact) mass is 866 g/mol. The summed E-state index contributed by atoms with van der Waals surface area (Å²) in [6.45, 7) is 11.7. The number of nitrogens with zero attached hydrogens (tertiary/aromatic N) is 1. The maximum Gasteiger partial charge on any atom is 0.343 e. The van der Waals surface area contributed by atoms with Gasteiger partial charge in [-0.2, -0.15) is 0 Å². The predicted octanol–water partition coefficient (Wildman–Crippen LogP) is 4.30. The molecule has 2 saturated heterocycles. The molecule has 0 aromatic heterocycles. The second kappa shape index (κ2) is 21.0. The molecule has 62 heavy (non-hydrogen) atoms. The summed E-state index contributed by atoms with van der Waals surface area (Å²) < 4.78 is 17.0. The Morgan fingerprint density at radius 1 is 0.903 bits per heavy atom. The Kier molecular flexibility index (Phi) is 16.1. The van der Waals surface area contributed by atoms with E-state index in [0.29, 0.717) is 43.5 Å². The van der Waals surface area contributed by atoms with Gasteiger partial charge in [0.25, 0.3) is 8.32 Å². The van der Waals surface area contributed by atoms with Crippen LogP contribution < -0.4 is 31.1 Å². The van der Waals surface area contributed by atoms with Gasteiger partial charge in [-0.1, -0.05) is 107 Å². The lowest BCUT2D eigenvalue weighted by atomic mass is 9.94. The van der Waals surface area contributed by atoms with E-state index in [0.717, 1.165) is 10.4 Å². The van der Waals surface area contributed by atoms with Gasteiger partial charge in [-0.15, -0.1) is 0 Å². The summed E-state index contributed by atoms with van der Waals surface area (Å²) in [6, 6.07) is 24.2. The minimum Gasteiger partial charge on any atom is -0.482 e. The number of esters is 1. The number of ketones is 1. The molecule has 0 unspecified atom stereocenters. The Hall–Kier alpha value is -5.60. The highest BCUT2D eigenvalue weighted by Crippen LogP contribution is 2.37. The van der Waals surface area contributed by atoms with Crippen molar-refractivity contribution in [1.82, 2.24) is 20.9 Å². The first-order valence-electron chi connectivity index (χ1n) is 21.5. The van der Waals surface area contributed by atoms with Crippen molar-refractivity contribution in [2.75, 3.05) is 20.3 Å². The van der Waals surface area contributed by atoms with E-state index in [-0.39, 0.29) is 36.7 Å². The number of carbonyl (C=O) groups excluding carboxylic acids is 6. The lowest BCUT2D eigenvalue weighted by Gasteiger charge is -2.44. The summed E-state index contributed by atoms with van der Waals surface area (Å²) in [5.74, 6) is -2.15. The quantitative estimate of drug-likeness (QED) is 0.0823. The number of nitrogens with one attached hydrogen (secondary N) is 3. The number of carbonyl (C=O) groups is 6. The van der Waals surface area contributed by atoms with Crippen molar-refractivity contribution < 1.29 is 42.7 Å². The Balaban J connectivity index is 1.27. The summed E-state index contributed by atoms with van der Waals surface area (Å²) in [5.41, 5.74) is -0.693. The number of amides is 4. The number of unbranched alkanes of at least 4 members (excludes halogenated alkanes) is 1. The minimum absolute atomic E-state index is 0.115. The highest BCUT2D eigenvalue weighted by Gasteiger charge is 2.51. The third-order valence-corrected chi connectivity index (χ3v) is 17.1. The molecule has 332 valence electrons. The van der Waals surface area contributed by atoms with E-state index in [1.807, 2.05) is 36.4 Å². The van der Waals surface area contributed by atoms with E-state index >= 15 is 0 Å². The molecule has 5 atom stereocenters. The van der Waals surface area contributed by atoms with Crippen LogP contribution in [0.2, 0.25) is 5.04 Å². The Morgan fingerprint density at radius 2 is 1.53 bits per heavy atom. The summed E-state index contributed by atoms with van der Waals surface area (Å²) in [6.07, 6.45) is 5.00. The summed E-state index contributed by atoms with van der Waals surface area (Å²) in [7, 11) is -1.69. The number of fused-ring (bicyclic) bond motifs is 1. The molecule has 0 saturated carbocycles. The van der Waals surface area contributed by atoms with E-state index < -0.39 is 67.7 Å². The van der Waals surface area contributed by atoms with Gasteiger partial charge in [-0.3, -0.25) is 24.0 Å². The number of benzene rings is 3. The number of allylic oxidation sites excluding steroid dienone is 1. The average Bonchev–Trinajstić information content (AvgIpc) is 3.77. The van der Waals surface area contributed by atoms with Crippen molar-refractivity contribution in [2.24, 2.45) is 0 Å². The molecule has 14 heteroatoms. The van der Waals surface area contributed by atoms with E-state index in [9.17, 15) is 28.8 Å². The zero-order valence-corrected chi connectivity index (χ0v) is 38.0. The van der Waals surface area contributed by atoms with Gasteiger partial charge in [0.15, 0.2) is 12.4 Å². The highest BCUT2D eigenvalue weighted by atomic mass is 28.4. The molecule has 0 aliphatic carbocycles. The van der Waals surface area contributed by atoms with Crippen LogP contribution in [-0.2, 0) is 44.4 Å². The average molecular weight is 867 g/mol. The van der Waals surface area contributed by atoms with Crippen molar-refractivity contribution in [1.29, 1.82) is 0 Å². The fourth-order valence-corrected chi connectivity index (χ4v) is 12.8. The molecular formula is C48H62N4O9Si. The third-order valence-electron chi connectivity index (χ3n) is 11.9. The molecule has 0 bridgehead atoms. The summed E-state index contributed by atoms with van der Waals surface area (Å²) >= 11 is 0. The zero-order chi connectivity index (χ0) is 45.1. The van der Waals surface area contributed by atoms with Crippen molar-refractivity contribution in [3.8, 4) is 5.75 Å². The Morgan fingerprint density at radius 3 is 2.11 bits per heavy atom. The first kappa shape index (κ1) is 47.4. The van der Waals surface area contributed by atoms with Crippen molar-refractivity contribution in [2.45, 2.75) is 121 Å². The van der Waals surface area contributed by atoms with Crippen molar-refractivity contribution in [3.63, 3.8) is 0 Å². The van der Waals surface area contributed by atoms with Crippen LogP contribution in [0.5, 0.6) is 5.75 Å². The molecule has 2 aliphatic heterocycles. The van der Waals surface area contributed by atoms with Crippen LogP contribution >= 0.6 is 0 Å². The molecule has 3 aromatic carbocycles. The van der Waals surface area contributed by atoms with Crippen LogP contribution in [0.4, 0.5) is 0 Å². The second-order valence-corrected chi connectivity index (χ2v) is 21.6. The molecule has 3 N–H and O–H groups in total. The molecular weight excluding hydrogens is 805 g/mol. The van der Waals surface area contributed by atoms with Crippen molar-refractivity contribution >= 4 is 54.1 Å². The molecule has 5 rings (SSSR count). The van der Waals surface area contributed by atoms with Crippen LogP contribution in [0.15, 0.2) is 97.1 Å². The van der Waals surface area contributed by atoms with Gasteiger partial charge in [0.2, 0.25) is 23.6 Å². The maximum absolute atomic E-state index is 14.2. The molecule has 2 aliphatic rings. The van der Waals surface area contributed by atoms with Gasteiger partial charge in [0.05, 0.1) is 7.11 Å². The third kappa shape index (κ3) is 11.3. The number of methoxy groups -OCH3 is 1. The second-order valence-electron chi connectivity index (χ2n) is 17.3. The summed E-state index contributed by atoms with van der Waals surface area (Å²) in [5, 5.41) is 10.5. The van der Waals surface area contributed by atoms with Gasteiger partial charge in [-0.25, -0.2) is 4.79 Å². The highest BCUT2D eigenvalue weighted by molar-refractivity contribution is 6.99. The fraction of sp³-hybridized carbons (Fsp3) is 0.458. The SMILES string of the molecule is CC[C@]1(C)NC(=O)[C@H](CCC/C=C/C(=O)[C@@H](C)O[Si](c2ccccc2)(c2ccccc2)C(C)(C)C)NC(=O)[C@H]2CCCN2C(=O)[C@H](Cc2ccc(OCC(=O)OC)cc2)NC1=O. The molecule has 0 spiro atoms. The zero-order valence-electron chi connectivity index (χ0n) is 37.0. The Labute approximate surface area is 366 Å². The van der Waals surface area contributed by atoms with Gasteiger partial charge in [0, 0.05) is 13.0 Å². The lowest BCUT2D eigenvalue weighted by molar-refractivity contribution is -0.144. The predicted molar refractivity (Wildman–Crippen MR) is 239 cm³/mol. The normalized spacial score (nSPS) is 21.8. The van der Waals surface area contributed by atoms with Gasteiger partial charge in [0.1, 0.15) is 35.5 Å². The topological polar surface area (TPSA) is 169 Å². The van der Waals surface area contributed by atoms with E-state index in [1.165, 1.54) is 18.1 Å². The smallest absolute Gasteiger partial charge is 0.343 e. The van der Waals surface area contributed by atoms with Crippen molar-refractivity contribution in [3.05, 3.63) is 103 Å². The molecule has 13 nitrogen and oxygen atoms in total. The molecule has 2 fully saturated rings. The minimum atomic E-state index is -2.96.